The van der Waals surface area contributed by atoms with E-state index in [0.717, 1.165) is 12.8 Å². The maximum atomic E-state index is 10.5. The predicted octanol–water partition coefficient (Wildman–Crippen LogP) is 6.26. The zero-order valence-corrected chi connectivity index (χ0v) is 19.8. The Labute approximate surface area is 183 Å². The number of hydrogen-bond acceptors (Lipinski definition) is 4. The van der Waals surface area contributed by atoms with E-state index < -0.39 is 23.7 Å². The Morgan fingerprint density at radius 2 is 0.800 bits per heavy atom. The fourth-order valence-electron chi connectivity index (χ4n) is 3.31. The molecule has 3 amide bonds. The zero-order chi connectivity index (χ0) is 23.2. The maximum Gasteiger partial charge on any atom is 0.303 e. The summed E-state index contributed by atoms with van der Waals surface area (Å²) in [7, 11) is 0. The number of carbonyl (C=O) groups is 4. The SMILES string of the molecule is CC(=O)N(C(C)=O)C(C)=O.CCCCCCCCCCCCCCCCCC(=O)O. The third-order valence-corrected chi connectivity index (χ3v) is 4.94. The molecule has 1 N–H and O–H groups in total. The number of carboxylic acid groups (broad SMARTS) is 1. The molecule has 0 unspecified atom stereocenters. The fourth-order valence-corrected chi connectivity index (χ4v) is 3.31. The number of amides is 3. The zero-order valence-electron chi connectivity index (χ0n) is 19.8. The summed E-state index contributed by atoms with van der Waals surface area (Å²) < 4.78 is 0. The summed E-state index contributed by atoms with van der Waals surface area (Å²) in [4.78, 5) is 42.4. The molecule has 0 bridgehead atoms. The van der Waals surface area contributed by atoms with E-state index in [1.165, 1.54) is 104 Å². The Morgan fingerprint density at radius 3 is 1.00 bits per heavy atom. The first-order valence-electron chi connectivity index (χ1n) is 11.8. The normalized spacial score (nSPS) is 10.1. The van der Waals surface area contributed by atoms with Crippen molar-refractivity contribution in [2.45, 2.75) is 130 Å². The summed E-state index contributed by atoms with van der Waals surface area (Å²) >= 11 is 0. The van der Waals surface area contributed by atoms with Crippen molar-refractivity contribution in [2.75, 3.05) is 0 Å². The van der Waals surface area contributed by atoms with Crippen LogP contribution in [-0.4, -0.2) is 33.7 Å². The van der Waals surface area contributed by atoms with E-state index in [2.05, 4.69) is 6.92 Å². The van der Waals surface area contributed by atoms with Gasteiger partial charge >= 0.3 is 5.97 Å². The highest BCUT2D eigenvalue weighted by Gasteiger charge is 2.17. The van der Waals surface area contributed by atoms with Crippen LogP contribution in [0.2, 0.25) is 0 Å². The van der Waals surface area contributed by atoms with Crippen molar-refractivity contribution >= 4 is 23.7 Å². The Bertz CT molecular complexity index is 443. The number of rotatable bonds is 16. The number of unbranched alkanes of at least 4 members (excludes halogenated alkanes) is 14. The van der Waals surface area contributed by atoms with Crippen molar-refractivity contribution in [3.05, 3.63) is 0 Å². The van der Waals surface area contributed by atoms with E-state index in [4.69, 9.17) is 5.11 Å². The second-order valence-electron chi connectivity index (χ2n) is 7.99. The average Bonchev–Trinajstić information content (AvgIpc) is 2.64. The molecule has 0 aliphatic carbocycles. The summed E-state index contributed by atoms with van der Waals surface area (Å²) in [6.07, 6.45) is 20.2. The summed E-state index contributed by atoms with van der Waals surface area (Å²) in [5.74, 6) is -2.28. The molecule has 0 saturated heterocycles. The van der Waals surface area contributed by atoms with Crippen LogP contribution in [0.25, 0.3) is 0 Å². The highest BCUT2D eigenvalue weighted by molar-refractivity contribution is 6.08. The second kappa shape index (κ2) is 22.0. The van der Waals surface area contributed by atoms with Crippen molar-refractivity contribution in [1.29, 1.82) is 0 Å². The van der Waals surface area contributed by atoms with E-state index in [1.807, 2.05) is 0 Å². The van der Waals surface area contributed by atoms with Crippen LogP contribution >= 0.6 is 0 Å². The van der Waals surface area contributed by atoms with Gasteiger partial charge in [-0.15, -0.1) is 0 Å². The maximum absolute atomic E-state index is 10.5. The molecule has 0 saturated carbocycles. The lowest BCUT2D eigenvalue weighted by Gasteiger charge is -2.10. The molecule has 0 spiro atoms. The van der Waals surface area contributed by atoms with Crippen LogP contribution in [0.15, 0.2) is 0 Å². The van der Waals surface area contributed by atoms with Crippen molar-refractivity contribution < 1.29 is 24.3 Å². The van der Waals surface area contributed by atoms with Crippen LogP contribution in [0.3, 0.4) is 0 Å². The second-order valence-corrected chi connectivity index (χ2v) is 7.99. The number of nitrogens with zero attached hydrogens (tertiary/aromatic N) is 1. The molecule has 0 aromatic rings. The van der Waals surface area contributed by atoms with Crippen LogP contribution in [0.1, 0.15) is 130 Å². The first-order chi connectivity index (χ1) is 14.2. The lowest BCUT2D eigenvalue weighted by Crippen LogP contribution is -2.37. The molecule has 0 aromatic carbocycles. The van der Waals surface area contributed by atoms with Crippen LogP contribution < -0.4 is 0 Å². The molecule has 0 radical (unpaired) electrons. The molecule has 6 heteroatoms. The van der Waals surface area contributed by atoms with Gasteiger partial charge in [0.25, 0.3) is 0 Å². The van der Waals surface area contributed by atoms with Gasteiger partial charge in [-0.1, -0.05) is 96.8 Å². The quantitative estimate of drug-likeness (QED) is 0.293. The van der Waals surface area contributed by atoms with E-state index >= 15 is 0 Å². The first-order valence-corrected chi connectivity index (χ1v) is 11.8. The molecule has 0 atom stereocenters. The largest absolute Gasteiger partial charge is 0.481 e. The van der Waals surface area contributed by atoms with Gasteiger partial charge in [-0.05, 0) is 6.42 Å². The molecule has 176 valence electrons. The molecule has 0 aliphatic heterocycles. The Morgan fingerprint density at radius 1 is 0.533 bits per heavy atom. The van der Waals surface area contributed by atoms with Crippen molar-refractivity contribution in [3.63, 3.8) is 0 Å². The topological polar surface area (TPSA) is 91.8 Å². The highest BCUT2D eigenvalue weighted by atomic mass is 16.4. The van der Waals surface area contributed by atoms with Gasteiger partial charge in [0.05, 0.1) is 0 Å². The number of hydrogen-bond donors (Lipinski definition) is 1. The monoisotopic (exact) mass is 427 g/mol. The number of aliphatic carboxylic acids is 1. The Hall–Kier alpha value is -1.72. The van der Waals surface area contributed by atoms with Gasteiger partial charge in [0.15, 0.2) is 0 Å². The predicted molar refractivity (Wildman–Crippen MR) is 121 cm³/mol. The minimum atomic E-state index is -0.653. The van der Waals surface area contributed by atoms with Crippen LogP contribution in [-0.2, 0) is 19.2 Å². The third kappa shape index (κ3) is 22.6. The summed E-state index contributed by atoms with van der Waals surface area (Å²) in [5, 5.41) is 8.52. The first kappa shape index (κ1) is 30.5. The molecule has 0 aromatic heterocycles. The summed E-state index contributed by atoms with van der Waals surface area (Å²) in [6, 6.07) is 0. The van der Waals surface area contributed by atoms with Crippen molar-refractivity contribution in [2.24, 2.45) is 0 Å². The summed E-state index contributed by atoms with van der Waals surface area (Å²) in [6.45, 7) is 5.78. The third-order valence-electron chi connectivity index (χ3n) is 4.94. The lowest BCUT2D eigenvalue weighted by atomic mass is 10.0. The van der Waals surface area contributed by atoms with Crippen molar-refractivity contribution in [3.8, 4) is 0 Å². The highest BCUT2D eigenvalue weighted by Crippen LogP contribution is 2.13. The lowest BCUT2D eigenvalue weighted by molar-refractivity contribution is -0.151. The molecule has 0 aliphatic rings. The Balaban J connectivity index is 0. The molecular weight excluding hydrogens is 382 g/mol. The molecule has 6 nitrogen and oxygen atoms in total. The van der Waals surface area contributed by atoms with Crippen LogP contribution in [0.4, 0.5) is 0 Å². The van der Waals surface area contributed by atoms with E-state index in [1.54, 1.807) is 0 Å². The van der Waals surface area contributed by atoms with Gasteiger partial charge in [-0.3, -0.25) is 19.2 Å². The minimum Gasteiger partial charge on any atom is -0.481 e. The van der Waals surface area contributed by atoms with E-state index in [-0.39, 0.29) is 0 Å². The molecule has 0 rings (SSSR count). The minimum absolute atomic E-state index is 0.345. The van der Waals surface area contributed by atoms with E-state index in [9.17, 15) is 19.2 Å². The van der Waals surface area contributed by atoms with Gasteiger partial charge in [0.2, 0.25) is 17.7 Å². The van der Waals surface area contributed by atoms with Gasteiger partial charge in [-0.2, -0.15) is 0 Å². The summed E-state index contributed by atoms with van der Waals surface area (Å²) in [5.41, 5.74) is 0. The fraction of sp³-hybridized carbons (Fsp3) is 0.833. The molecule has 0 heterocycles. The molecular formula is C24H45NO5. The van der Waals surface area contributed by atoms with Crippen LogP contribution in [0, 0.1) is 0 Å². The average molecular weight is 428 g/mol. The van der Waals surface area contributed by atoms with Gasteiger partial charge in [0.1, 0.15) is 0 Å². The van der Waals surface area contributed by atoms with Gasteiger partial charge in [0, 0.05) is 27.2 Å². The molecule has 30 heavy (non-hydrogen) atoms. The van der Waals surface area contributed by atoms with Gasteiger partial charge < -0.3 is 5.11 Å². The number of imide groups is 3. The van der Waals surface area contributed by atoms with Gasteiger partial charge in [-0.25, -0.2) is 4.90 Å². The van der Waals surface area contributed by atoms with Crippen molar-refractivity contribution in [1.82, 2.24) is 4.90 Å². The molecule has 0 fully saturated rings. The number of carboxylic acids is 1. The number of carbonyl (C=O) groups excluding carboxylic acids is 3. The Kier molecular flexibility index (Phi) is 22.3. The standard InChI is InChI=1S/C18H36O2.C6H9NO3/c1-2-3-4-5-6-7-8-9-10-11-12-13-14-15-16-17-18(19)20;1-4(8)7(5(2)9)6(3)10/h2-17H2,1H3,(H,19,20);1-3H3. The van der Waals surface area contributed by atoms with Crippen LogP contribution in [0.5, 0.6) is 0 Å². The smallest absolute Gasteiger partial charge is 0.303 e. The van der Waals surface area contributed by atoms with E-state index in [0.29, 0.717) is 11.3 Å².